The first-order valence-electron chi connectivity index (χ1n) is 5.73. The molecule has 17 heavy (non-hydrogen) atoms. The van der Waals surface area contributed by atoms with Gasteiger partial charge in [-0.3, -0.25) is 9.59 Å². The van der Waals surface area contributed by atoms with Crippen LogP contribution in [0.5, 0.6) is 0 Å². The number of fused-ring (bicyclic) bond motifs is 1. The monoisotopic (exact) mass is 229 g/mol. The number of aryl methyl sites for hydroxylation is 1. The quantitative estimate of drug-likeness (QED) is 0.856. The van der Waals surface area contributed by atoms with Crippen molar-refractivity contribution in [1.82, 2.24) is 0 Å². The minimum atomic E-state index is -0.329. The van der Waals surface area contributed by atoms with Gasteiger partial charge in [-0.2, -0.15) is 0 Å². The van der Waals surface area contributed by atoms with Crippen LogP contribution in [-0.4, -0.2) is 11.7 Å². The molecule has 0 fully saturated rings. The van der Waals surface area contributed by atoms with Gasteiger partial charge in [-0.25, -0.2) is 0 Å². The van der Waals surface area contributed by atoms with Crippen LogP contribution in [0, 0.1) is 0 Å². The van der Waals surface area contributed by atoms with E-state index in [-0.39, 0.29) is 12.3 Å². The van der Waals surface area contributed by atoms with E-state index in [0.29, 0.717) is 18.6 Å². The fourth-order valence-corrected chi connectivity index (χ4v) is 2.04. The standard InChI is InChI=1S/C14H15NO2/c15-14(17)3-1-2-10-4-5-12-9-13(16)7-6-11(12)8-10/h1-2,4-5,8H,3,6-7,9H2,(H2,15,17). The van der Waals surface area contributed by atoms with E-state index in [9.17, 15) is 9.59 Å². The lowest BCUT2D eigenvalue weighted by Crippen LogP contribution is -2.13. The Bertz CT molecular complexity index is 489. The first-order chi connectivity index (χ1) is 8.15. The summed E-state index contributed by atoms with van der Waals surface area (Å²) in [5.74, 6) is -0.0145. The van der Waals surface area contributed by atoms with Crippen LogP contribution in [0.2, 0.25) is 0 Å². The van der Waals surface area contributed by atoms with Crippen molar-refractivity contribution in [3.8, 4) is 0 Å². The number of benzene rings is 1. The molecule has 1 aromatic carbocycles. The number of ketones is 1. The Labute approximate surface area is 100 Å². The van der Waals surface area contributed by atoms with Gasteiger partial charge in [-0.1, -0.05) is 30.4 Å². The van der Waals surface area contributed by atoms with Crippen molar-refractivity contribution >= 4 is 17.8 Å². The Morgan fingerprint density at radius 1 is 1.29 bits per heavy atom. The molecule has 0 spiro atoms. The second-order valence-corrected chi connectivity index (χ2v) is 4.32. The molecule has 3 nitrogen and oxygen atoms in total. The lowest BCUT2D eigenvalue weighted by Gasteiger charge is -2.14. The van der Waals surface area contributed by atoms with Crippen LogP contribution in [-0.2, 0) is 22.4 Å². The molecule has 88 valence electrons. The molecule has 0 bridgehead atoms. The number of carbonyl (C=O) groups excluding carboxylic acids is 2. The summed E-state index contributed by atoms with van der Waals surface area (Å²) in [5, 5.41) is 0. The molecular weight excluding hydrogens is 214 g/mol. The van der Waals surface area contributed by atoms with Gasteiger partial charge >= 0.3 is 0 Å². The number of carbonyl (C=O) groups is 2. The van der Waals surface area contributed by atoms with Gasteiger partial charge in [0.05, 0.1) is 0 Å². The molecule has 0 saturated heterocycles. The summed E-state index contributed by atoms with van der Waals surface area (Å²) in [4.78, 5) is 21.9. The summed E-state index contributed by atoms with van der Waals surface area (Å²) in [7, 11) is 0. The highest BCUT2D eigenvalue weighted by atomic mass is 16.1. The van der Waals surface area contributed by atoms with E-state index in [1.54, 1.807) is 6.08 Å². The van der Waals surface area contributed by atoms with Gasteiger partial charge in [-0.05, 0) is 23.1 Å². The van der Waals surface area contributed by atoms with Crippen molar-refractivity contribution in [3.05, 3.63) is 41.0 Å². The van der Waals surface area contributed by atoms with E-state index in [0.717, 1.165) is 17.5 Å². The molecule has 2 rings (SSSR count). The average molecular weight is 229 g/mol. The molecule has 2 N–H and O–H groups in total. The van der Waals surface area contributed by atoms with Crippen LogP contribution in [0.3, 0.4) is 0 Å². The Morgan fingerprint density at radius 2 is 2.12 bits per heavy atom. The lowest BCUT2D eigenvalue weighted by atomic mass is 9.89. The second-order valence-electron chi connectivity index (χ2n) is 4.32. The Hall–Kier alpha value is -1.90. The number of amides is 1. The fraction of sp³-hybridized carbons (Fsp3) is 0.286. The highest BCUT2D eigenvalue weighted by Crippen LogP contribution is 2.21. The van der Waals surface area contributed by atoms with Crippen LogP contribution in [0.15, 0.2) is 24.3 Å². The van der Waals surface area contributed by atoms with Crippen molar-refractivity contribution < 1.29 is 9.59 Å². The van der Waals surface area contributed by atoms with E-state index in [2.05, 4.69) is 6.07 Å². The van der Waals surface area contributed by atoms with Gasteiger partial charge in [0.1, 0.15) is 5.78 Å². The molecule has 1 aliphatic carbocycles. The highest BCUT2D eigenvalue weighted by molar-refractivity contribution is 5.83. The molecule has 3 heteroatoms. The van der Waals surface area contributed by atoms with E-state index in [1.807, 2.05) is 18.2 Å². The average Bonchev–Trinajstić information content (AvgIpc) is 2.29. The van der Waals surface area contributed by atoms with Gasteiger partial charge < -0.3 is 5.73 Å². The van der Waals surface area contributed by atoms with Crippen LogP contribution in [0.1, 0.15) is 29.5 Å². The first kappa shape index (κ1) is 11.6. The Morgan fingerprint density at radius 3 is 2.88 bits per heavy atom. The molecule has 0 atom stereocenters. The molecule has 1 aliphatic rings. The van der Waals surface area contributed by atoms with Crippen molar-refractivity contribution in [2.45, 2.75) is 25.7 Å². The predicted octanol–water partition coefficient (Wildman–Crippen LogP) is 1.63. The third-order valence-corrected chi connectivity index (χ3v) is 2.92. The highest BCUT2D eigenvalue weighted by Gasteiger charge is 2.14. The Balaban J connectivity index is 2.14. The smallest absolute Gasteiger partial charge is 0.221 e. The predicted molar refractivity (Wildman–Crippen MR) is 66.3 cm³/mol. The van der Waals surface area contributed by atoms with Gasteiger partial charge in [0, 0.05) is 19.3 Å². The van der Waals surface area contributed by atoms with Crippen molar-refractivity contribution in [2.75, 3.05) is 0 Å². The van der Waals surface area contributed by atoms with Crippen molar-refractivity contribution in [1.29, 1.82) is 0 Å². The fourth-order valence-electron chi connectivity index (χ4n) is 2.04. The Kier molecular flexibility index (Phi) is 3.38. The maximum Gasteiger partial charge on any atom is 0.221 e. The maximum atomic E-state index is 11.3. The second kappa shape index (κ2) is 4.95. The number of hydrogen-bond donors (Lipinski definition) is 1. The summed E-state index contributed by atoms with van der Waals surface area (Å²) in [6.45, 7) is 0. The van der Waals surface area contributed by atoms with Gasteiger partial charge in [0.15, 0.2) is 0 Å². The van der Waals surface area contributed by atoms with Gasteiger partial charge in [-0.15, -0.1) is 0 Å². The maximum absolute atomic E-state index is 11.3. The minimum Gasteiger partial charge on any atom is -0.369 e. The zero-order valence-corrected chi connectivity index (χ0v) is 9.61. The topological polar surface area (TPSA) is 60.2 Å². The number of primary amides is 1. The normalized spacial score (nSPS) is 14.9. The van der Waals surface area contributed by atoms with Gasteiger partial charge in [0.25, 0.3) is 0 Å². The number of Topliss-reactive ketones (excluding diaryl/α,β-unsaturated/α-hetero) is 1. The summed E-state index contributed by atoms with van der Waals surface area (Å²) in [5.41, 5.74) is 8.48. The summed E-state index contributed by atoms with van der Waals surface area (Å²) >= 11 is 0. The lowest BCUT2D eigenvalue weighted by molar-refractivity contribution is -0.119. The molecule has 0 aliphatic heterocycles. The first-order valence-corrected chi connectivity index (χ1v) is 5.73. The molecule has 1 amide bonds. The van der Waals surface area contributed by atoms with Crippen molar-refractivity contribution in [2.24, 2.45) is 5.73 Å². The molecule has 0 aromatic heterocycles. The molecule has 0 radical (unpaired) electrons. The van der Waals surface area contributed by atoms with E-state index in [1.165, 1.54) is 5.56 Å². The van der Waals surface area contributed by atoms with Crippen LogP contribution in [0.25, 0.3) is 6.08 Å². The molecular formula is C14H15NO2. The molecule has 1 aromatic rings. The number of hydrogen-bond acceptors (Lipinski definition) is 2. The van der Waals surface area contributed by atoms with E-state index in [4.69, 9.17) is 5.73 Å². The third kappa shape index (κ3) is 3.03. The molecule has 0 unspecified atom stereocenters. The van der Waals surface area contributed by atoms with Crippen LogP contribution in [0.4, 0.5) is 0 Å². The van der Waals surface area contributed by atoms with Crippen LogP contribution >= 0.6 is 0 Å². The number of nitrogens with two attached hydrogens (primary N) is 1. The largest absolute Gasteiger partial charge is 0.369 e. The summed E-state index contributed by atoms with van der Waals surface area (Å²) in [6, 6.07) is 6.05. The zero-order chi connectivity index (χ0) is 12.3. The summed E-state index contributed by atoms with van der Waals surface area (Å²) in [6.07, 6.45) is 5.93. The molecule has 0 saturated carbocycles. The molecule has 0 heterocycles. The van der Waals surface area contributed by atoms with Crippen LogP contribution < -0.4 is 5.73 Å². The minimum absolute atomic E-state index is 0.259. The summed E-state index contributed by atoms with van der Waals surface area (Å²) < 4.78 is 0. The van der Waals surface area contributed by atoms with E-state index >= 15 is 0 Å². The van der Waals surface area contributed by atoms with Crippen molar-refractivity contribution in [3.63, 3.8) is 0 Å². The number of rotatable bonds is 3. The zero-order valence-electron chi connectivity index (χ0n) is 9.61. The van der Waals surface area contributed by atoms with E-state index < -0.39 is 0 Å². The third-order valence-electron chi connectivity index (χ3n) is 2.92. The SMILES string of the molecule is NC(=O)CC=Cc1ccc2c(c1)CCC(=O)C2. The van der Waals surface area contributed by atoms with Gasteiger partial charge in [0.2, 0.25) is 5.91 Å².